The maximum Gasteiger partial charge on any atom is 0.312 e. The van der Waals surface area contributed by atoms with Gasteiger partial charge in [-0.25, -0.2) is 0 Å². The van der Waals surface area contributed by atoms with Crippen molar-refractivity contribution in [3.8, 4) is 0 Å². The van der Waals surface area contributed by atoms with E-state index in [0.717, 1.165) is 24.1 Å². The molecule has 0 spiro atoms. The van der Waals surface area contributed by atoms with Crippen LogP contribution in [0.1, 0.15) is 108 Å². The van der Waals surface area contributed by atoms with Gasteiger partial charge in [-0.1, -0.05) is 99.0 Å². The maximum atomic E-state index is 14.2. The Morgan fingerprint density at radius 1 is 0.750 bits per heavy atom. The summed E-state index contributed by atoms with van der Waals surface area (Å²) in [6.45, 7) is 29.3. The number of nitrogens with one attached hydrogen (secondary N) is 2. The molecule has 0 saturated heterocycles. The zero-order chi connectivity index (χ0) is 34.0. The molecular weight excluding hydrogens is 549 g/mol. The fraction of sp³-hybridized carbons (Fsp3) is 0.778. The van der Waals surface area contributed by atoms with E-state index in [-0.39, 0.29) is 17.4 Å². The Bertz CT molecular complexity index is 1060. The smallest absolute Gasteiger partial charge is 0.312 e. The van der Waals surface area contributed by atoms with Crippen molar-refractivity contribution in [3.63, 3.8) is 0 Å². The van der Waals surface area contributed by atoms with E-state index in [1.807, 2.05) is 38.1 Å². The number of carbonyl (C=O) groups excluding carboxylic acids is 2. The van der Waals surface area contributed by atoms with Crippen molar-refractivity contribution >= 4 is 25.2 Å². The van der Waals surface area contributed by atoms with Crippen LogP contribution in [0.3, 0.4) is 0 Å². The van der Waals surface area contributed by atoms with Gasteiger partial charge in [-0.05, 0) is 73.4 Å². The number of hydrogen-bond acceptors (Lipinski definition) is 7. The highest BCUT2D eigenvalue weighted by atomic mass is 16.5. The predicted octanol–water partition coefficient (Wildman–Crippen LogP) is 5.53. The SMILES string of the molecule is [B]c1ccccc1CNCCCOC(=O)C(C)(C(C)(C)C)C(C)(C)C(C)(C)C(C)(CC(C)(C)C)C(=O)OCCCNCCN. The third kappa shape index (κ3) is 9.56. The molecule has 0 aromatic heterocycles. The Morgan fingerprint density at radius 3 is 1.77 bits per heavy atom. The summed E-state index contributed by atoms with van der Waals surface area (Å²) in [5.74, 6) is -0.466. The molecule has 0 heterocycles. The second-order valence-corrected chi connectivity index (χ2v) is 16.1. The summed E-state index contributed by atoms with van der Waals surface area (Å²) >= 11 is 0. The van der Waals surface area contributed by atoms with Crippen LogP contribution >= 0.6 is 0 Å². The lowest BCUT2D eigenvalue weighted by Crippen LogP contribution is -2.63. The summed E-state index contributed by atoms with van der Waals surface area (Å²) in [5.41, 5.74) is 3.61. The summed E-state index contributed by atoms with van der Waals surface area (Å²) < 4.78 is 12.0. The van der Waals surface area contributed by atoms with E-state index in [4.69, 9.17) is 23.1 Å². The summed E-state index contributed by atoms with van der Waals surface area (Å²) in [7, 11) is 6.05. The Hall–Kier alpha value is -1.90. The molecule has 1 rings (SSSR count). The highest BCUT2D eigenvalue weighted by Crippen LogP contribution is 2.66. The molecule has 4 N–H and O–H groups in total. The average molecular weight is 614 g/mol. The summed E-state index contributed by atoms with van der Waals surface area (Å²) in [4.78, 5) is 28.3. The van der Waals surface area contributed by atoms with Crippen molar-refractivity contribution in [2.24, 2.45) is 38.2 Å². The van der Waals surface area contributed by atoms with Gasteiger partial charge in [0, 0.05) is 19.6 Å². The van der Waals surface area contributed by atoms with Crippen molar-refractivity contribution < 1.29 is 19.1 Å². The molecule has 2 radical (unpaired) electrons. The summed E-state index contributed by atoms with van der Waals surface area (Å²) in [5, 5.41) is 6.64. The first-order valence-electron chi connectivity index (χ1n) is 16.4. The number of rotatable bonds is 18. The lowest BCUT2D eigenvalue weighted by molar-refractivity contribution is -0.208. The highest BCUT2D eigenvalue weighted by Gasteiger charge is 2.67. The number of benzene rings is 1. The molecule has 44 heavy (non-hydrogen) atoms. The predicted molar refractivity (Wildman–Crippen MR) is 184 cm³/mol. The lowest BCUT2D eigenvalue weighted by atomic mass is 9.41. The maximum absolute atomic E-state index is 14.2. The van der Waals surface area contributed by atoms with Crippen molar-refractivity contribution in [1.82, 2.24) is 10.6 Å². The average Bonchev–Trinajstić information content (AvgIpc) is 2.90. The summed E-state index contributed by atoms with van der Waals surface area (Å²) in [6.07, 6.45) is 1.99. The Labute approximate surface area is 271 Å². The number of esters is 2. The molecule has 0 fully saturated rings. The fourth-order valence-corrected chi connectivity index (χ4v) is 6.60. The van der Waals surface area contributed by atoms with Crippen LogP contribution in [-0.4, -0.2) is 59.2 Å². The van der Waals surface area contributed by atoms with Crippen LogP contribution in [0.4, 0.5) is 0 Å². The molecule has 1 aromatic carbocycles. The van der Waals surface area contributed by atoms with Gasteiger partial charge < -0.3 is 25.8 Å². The van der Waals surface area contributed by atoms with Crippen molar-refractivity contribution in [2.75, 3.05) is 39.4 Å². The van der Waals surface area contributed by atoms with Gasteiger partial charge >= 0.3 is 11.9 Å². The molecule has 1 aromatic rings. The molecular formula is C36H64BN3O4. The molecule has 0 aliphatic rings. The van der Waals surface area contributed by atoms with Crippen LogP contribution in [0, 0.1) is 32.5 Å². The van der Waals surface area contributed by atoms with Gasteiger partial charge in [0.05, 0.1) is 24.0 Å². The monoisotopic (exact) mass is 613 g/mol. The molecule has 0 aliphatic carbocycles. The number of carbonyl (C=O) groups is 2. The van der Waals surface area contributed by atoms with Crippen LogP contribution in [0.5, 0.6) is 0 Å². The molecule has 250 valence electrons. The van der Waals surface area contributed by atoms with Crippen LogP contribution < -0.4 is 21.8 Å². The summed E-state index contributed by atoms with van der Waals surface area (Å²) in [6, 6.07) is 7.79. The fourth-order valence-electron chi connectivity index (χ4n) is 6.60. The van der Waals surface area contributed by atoms with Crippen molar-refractivity contribution in [2.45, 2.75) is 109 Å². The molecule has 0 saturated carbocycles. The Morgan fingerprint density at radius 2 is 1.27 bits per heavy atom. The van der Waals surface area contributed by atoms with E-state index < -0.39 is 27.1 Å². The van der Waals surface area contributed by atoms with E-state index >= 15 is 0 Å². The largest absolute Gasteiger partial charge is 0.465 e. The molecule has 2 atom stereocenters. The van der Waals surface area contributed by atoms with Gasteiger partial charge in [-0.3, -0.25) is 9.59 Å². The first-order chi connectivity index (χ1) is 20.1. The van der Waals surface area contributed by atoms with Crippen LogP contribution in [0.25, 0.3) is 0 Å². The van der Waals surface area contributed by atoms with Crippen molar-refractivity contribution in [3.05, 3.63) is 29.8 Å². The minimum atomic E-state index is -0.930. The minimum absolute atomic E-state index is 0.153. The first-order valence-corrected chi connectivity index (χ1v) is 16.4. The van der Waals surface area contributed by atoms with E-state index in [1.54, 1.807) is 0 Å². The molecule has 8 heteroatoms. The van der Waals surface area contributed by atoms with E-state index in [0.29, 0.717) is 52.1 Å². The quantitative estimate of drug-likeness (QED) is 0.114. The van der Waals surface area contributed by atoms with Gasteiger partial charge in [0.2, 0.25) is 0 Å². The third-order valence-electron chi connectivity index (χ3n) is 10.6. The van der Waals surface area contributed by atoms with Crippen LogP contribution in [0.2, 0.25) is 0 Å². The van der Waals surface area contributed by atoms with Gasteiger partial charge in [0.1, 0.15) is 7.85 Å². The third-order valence-corrected chi connectivity index (χ3v) is 10.6. The highest BCUT2D eigenvalue weighted by molar-refractivity contribution is 6.33. The zero-order valence-electron chi connectivity index (χ0n) is 30.2. The van der Waals surface area contributed by atoms with Gasteiger partial charge in [0.25, 0.3) is 0 Å². The van der Waals surface area contributed by atoms with Crippen LogP contribution in [-0.2, 0) is 25.6 Å². The zero-order valence-corrected chi connectivity index (χ0v) is 30.2. The lowest BCUT2D eigenvalue weighted by Gasteiger charge is -2.62. The molecule has 0 aliphatic heterocycles. The molecule has 0 bridgehead atoms. The minimum Gasteiger partial charge on any atom is -0.465 e. The molecule has 2 unspecified atom stereocenters. The van der Waals surface area contributed by atoms with E-state index in [1.165, 1.54) is 0 Å². The number of hydrogen-bond donors (Lipinski definition) is 3. The van der Waals surface area contributed by atoms with Crippen molar-refractivity contribution in [1.29, 1.82) is 0 Å². The topological polar surface area (TPSA) is 103 Å². The van der Waals surface area contributed by atoms with E-state index in [2.05, 4.69) is 79.9 Å². The Balaban J connectivity index is 3.19. The number of ether oxygens (including phenoxy) is 2. The normalized spacial score (nSPS) is 15.8. The van der Waals surface area contributed by atoms with Gasteiger partial charge in [-0.15, -0.1) is 0 Å². The second-order valence-electron chi connectivity index (χ2n) is 16.1. The Kier molecular flexibility index (Phi) is 14.7. The van der Waals surface area contributed by atoms with E-state index in [9.17, 15) is 9.59 Å². The molecule has 7 nitrogen and oxygen atoms in total. The standard InChI is InChI=1S/C36H64BN3O4/c1-31(2,3)26-35(11,29(41)43-23-15-20-39-22-19-38)33(7,8)34(9,10)36(12,32(4,5)6)30(42)44-24-16-21-40-25-27-17-13-14-18-28(27)37/h13-14,17-18,39-40H,15-16,19-26,38H2,1-12H3. The second kappa shape index (κ2) is 16.1. The first kappa shape index (κ1) is 40.1. The molecule has 0 amide bonds. The number of nitrogens with two attached hydrogens (primary N) is 1. The van der Waals surface area contributed by atoms with Crippen LogP contribution in [0.15, 0.2) is 24.3 Å². The van der Waals surface area contributed by atoms with Gasteiger partial charge in [0.15, 0.2) is 0 Å². The van der Waals surface area contributed by atoms with Gasteiger partial charge in [-0.2, -0.15) is 0 Å².